The van der Waals surface area contributed by atoms with Gasteiger partial charge in [-0.1, -0.05) is 19.1 Å². The number of nitrogens with zero attached hydrogens (tertiary/aromatic N) is 2. The van der Waals surface area contributed by atoms with Crippen molar-refractivity contribution in [3.8, 4) is 11.5 Å². The number of ether oxygens (including phenoxy) is 2. The number of likely N-dealkylation sites (tertiary alicyclic amines) is 1. The molecule has 36 heavy (non-hydrogen) atoms. The van der Waals surface area contributed by atoms with Crippen molar-refractivity contribution in [3.05, 3.63) is 54.1 Å². The Morgan fingerprint density at radius 1 is 1.03 bits per heavy atom. The van der Waals surface area contributed by atoms with E-state index >= 15 is 0 Å². The Kier molecular flexibility index (Phi) is 9.73. The van der Waals surface area contributed by atoms with Crippen molar-refractivity contribution in [1.29, 1.82) is 0 Å². The Morgan fingerprint density at radius 2 is 1.69 bits per heavy atom. The largest absolute Gasteiger partial charge is 0.495 e. The quantitative estimate of drug-likeness (QED) is 0.529. The molecule has 3 rings (SSSR count). The molecule has 2 unspecified atom stereocenters. The molecule has 1 aliphatic rings. The lowest BCUT2D eigenvalue weighted by Gasteiger charge is -2.38. The fourth-order valence-electron chi connectivity index (χ4n) is 4.64. The number of para-hydroxylation sites is 2. The number of rotatable bonds is 10. The van der Waals surface area contributed by atoms with Crippen LogP contribution in [-0.2, 0) is 9.59 Å². The molecule has 0 spiro atoms. The first-order chi connectivity index (χ1) is 17.3. The van der Waals surface area contributed by atoms with Crippen molar-refractivity contribution in [1.82, 2.24) is 9.80 Å². The Hall–Kier alpha value is -3.55. The molecule has 0 bridgehead atoms. The third-order valence-corrected chi connectivity index (χ3v) is 6.44. The molecule has 3 amide bonds. The van der Waals surface area contributed by atoms with E-state index in [0.29, 0.717) is 35.7 Å². The van der Waals surface area contributed by atoms with Crippen LogP contribution in [0.2, 0.25) is 0 Å². The summed E-state index contributed by atoms with van der Waals surface area (Å²) in [6.45, 7) is 6.43. The first-order valence-electron chi connectivity index (χ1n) is 12.6. The van der Waals surface area contributed by atoms with Crippen LogP contribution < -0.4 is 14.8 Å². The zero-order valence-corrected chi connectivity index (χ0v) is 21.7. The second-order valence-corrected chi connectivity index (χ2v) is 9.22. The summed E-state index contributed by atoms with van der Waals surface area (Å²) in [4.78, 5) is 41.9. The fourth-order valence-corrected chi connectivity index (χ4v) is 4.64. The second kappa shape index (κ2) is 13.0. The lowest BCUT2D eigenvalue weighted by molar-refractivity contribution is -0.139. The normalized spacial score (nSPS) is 17.3. The van der Waals surface area contributed by atoms with Crippen molar-refractivity contribution >= 4 is 23.4 Å². The molecule has 0 radical (unpaired) electrons. The van der Waals surface area contributed by atoms with E-state index in [1.165, 1.54) is 12.0 Å². The summed E-state index contributed by atoms with van der Waals surface area (Å²) in [6, 6.07) is 14.3. The molecular weight excluding hydrogens is 458 g/mol. The van der Waals surface area contributed by atoms with Gasteiger partial charge in [-0.25, -0.2) is 0 Å². The standard InChI is InChI=1S/C28H37N3O5/c1-5-17-30(18-26(32)29-24-11-6-7-12-25(24)35-4)28(34)22-13-15-23(16-14-22)36-19-27(33)31-20(2)9-8-10-21(31)3/h6-7,11-16,20-21H,5,8-10,17-19H2,1-4H3,(H,29,32). The van der Waals surface area contributed by atoms with Crippen LogP contribution in [0.4, 0.5) is 5.69 Å². The van der Waals surface area contributed by atoms with Crippen LogP contribution in [0.5, 0.6) is 11.5 Å². The van der Waals surface area contributed by atoms with Crippen molar-refractivity contribution in [2.75, 3.05) is 32.1 Å². The lowest BCUT2D eigenvalue weighted by atomic mass is 9.97. The minimum atomic E-state index is -0.305. The number of nitrogens with one attached hydrogen (secondary N) is 1. The van der Waals surface area contributed by atoms with Crippen LogP contribution >= 0.6 is 0 Å². The minimum absolute atomic E-state index is 0.0231. The SMILES string of the molecule is CCCN(CC(=O)Nc1ccccc1OC)C(=O)c1ccc(OCC(=O)N2C(C)CCCC2C)cc1. The van der Waals surface area contributed by atoms with E-state index in [9.17, 15) is 14.4 Å². The summed E-state index contributed by atoms with van der Waals surface area (Å²) in [5.41, 5.74) is 1.00. The summed E-state index contributed by atoms with van der Waals surface area (Å²) in [6.07, 6.45) is 3.88. The van der Waals surface area contributed by atoms with Gasteiger partial charge in [-0.05, 0) is 75.9 Å². The summed E-state index contributed by atoms with van der Waals surface area (Å²) in [5, 5.41) is 2.81. The molecule has 8 heteroatoms. The molecule has 2 aromatic rings. The van der Waals surface area contributed by atoms with E-state index in [4.69, 9.17) is 9.47 Å². The topological polar surface area (TPSA) is 88.2 Å². The highest BCUT2D eigenvalue weighted by Crippen LogP contribution is 2.24. The highest BCUT2D eigenvalue weighted by Gasteiger charge is 2.29. The van der Waals surface area contributed by atoms with Gasteiger partial charge >= 0.3 is 0 Å². The molecular formula is C28H37N3O5. The maximum Gasteiger partial charge on any atom is 0.260 e. The van der Waals surface area contributed by atoms with Crippen LogP contribution in [0, 0.1) is 0 Å². The van der Waals surface area contributed by atoms with Gasteiger partial charge in [-0.2, -0.15) is 0 Å². The van der Waals surface area contributed by atoms with Crippen LogP contribution in [0.3, 0.4) is 0 Å². The summed E-state index contributed by atoms with van der Waals surface area (Å²) < 4.78 is 11.0. The monoisotopic (exact) mass is 495 g/mol. The first-order valence-corrected chi connectivity index (χ1v) is 12.6. The average Bonchev–Trinajstić information content (AvgIpc) is 2.87. The van der Waals surface area contributed by atoms with E-state index in [1.807, 2.05) is 17.9 Å². The number of amides is 3. The number of methoxy groups -OCH3 is 1. The molecule has 194 valence electrons. The molecule has 1 saturated heterocycles. The number of anilines is 1. The third-order valence-electron chi connectivity index (χ3n) is 6.44. The summed E-state index contributed by atoms with van der Waals surface area (Å²) >= 11 is 0. The Labute approximate surface area is 213 Å². The average molecular weight is 496 g/mol. The molecule has 0 aromatic heterocycles. The first kappa shape index (κ1) is 27.0. The highest BCUT2D eigenvalue weighted by atomic mass is 16.5. The number of piperidine rings is 1. The van der Waals surface area contributed by atoms with E-state index in [0.717, 1.165) is 19.3 Å². The van der Waals surface area contributed by atoms with Crippen molar-refractivity contribution in [2.24, 2.45) is 0 Å². The smallest absolute Gasteiger partial charge is 0.260 e. The molecule has 2 aromatic carbocycles. The number of hydrogen-bond donors (Lipinski definition) is 1. The molecule has 1 heterocycles. The van der Waals surface area contributed by atoms with Crippen LogP contribution in [0.25, 0.3) is 0 Å². The molecule has 1 fully saturated rings. The number of benzene rings is 2. The fraction of sp³-hybridized carbons (Fsp3) is 0.464. The predicted molar refractivity (Wildman–Crippen MR) is 139 cm³/mol. The van der Waals surface area contributed by atoms with Crippen LogP contribution in [0.1, 0.15) is 56.8 Å². The van der Waals surface area contributed by atoms with E-state index in [2.05, 4.69) is 19.2 Å². The maximum atomic E-state index is 13.1. The number of carbonyl (C=O) groups is 3. The summed E-state index contributed by atoms with van der Waals surface area (Å²) in [7, 11) is 1.54. The van der Waals surface area contributed by atoms with Gasteiger partial charge in [-0.15, -0.1) is 0 Å². The van der Waals surface area contributed by atoms with Crippen LogP contribution in [-0.4, -0.2) is 66.4 Å². The molecule has 2 atom stereocenters. The lowest BCUT2D eigenvalue weighted by Crippen LogP contribution is -2.49. The molecule has 1 aliphatic heterocycles. The van der Waals surface area contributed by atoms with Gasteiger partial charge in [0.05, 0.1) is 12.8 Å². The van der Waals surface area contributed by atoms with E-state index in [1.54, 1.807) is 42.5 Å². The predicted octanol–water partition coefficient (Wildman–Crippen LogP) is 4.35. The van der Waals surface area contributed by atoms with Gasteiger partial charge in [0.1, 0.15) is 18.0 Å². The van der Waals surface area contributed by atoms with Gasteiger partial charge in [0, 0.05) is 24.2 Å². The van der Waals surface area contributed by atoms with E-state index in [-0.39, 0.29) is 43.0 Å². The van der Waals surface area contributed by atoms with Crippen molar-refractivity contribution in [3.63, 3.8) is 0 Å². The van der Waals surface area contributed by atoms with Crippen LogP contribution in [0.15, 0.2) is 48.5 Å². The van der Waals surface area contributed by atoms with Gasteiger partial charge in [0.2, 0.25) is 5.91 Å². The minimum Gasteiger partial charge on any atom is -0.495 e. The molecule has 1 N–H and O–H groups in total. The Morgan fingerprint density at radius 3 is 2.33 bits per heavy atom. The number of carbonyl (C=O) groups excluding carboxylic acids is 3. The Balaban J connectivity index is 1.58. The van der Waals surface area contributed by atoms with Gasteiger partial charge in [-0.3, -0.25) is 14.4 Å². The summed E-state index contributed by atoms with van der Waals surface area (Å²) in [5.74, 6) is 0.502. The Bertz CT molecular complexity index is 1030. The maximum absolute atomic E-state index is 13.1. The highest BCUT2D eigenvalue weighted by molar-refractivity contribution is 6.00. The zero-order valence-electron chi connectivity index (χ0n) is 21.7. The van der Waals surface area contributed by atoms with Crippen molar-refractivity contribution < 1.29 is 23.9 Å². The van der Waals surface area contributed by atoms with Gasteiger partial charge < -0.3 is 24.6 Å². The molecule has 0 aliphatic carbocycles. The third kappa shape index (κ3) is 6.99. The second-order valence-electron chi connectivity index (χ2n) is 9.22. The van der Waals surface area contributed by atoms with E-state index < -0.39 is 0 Å². The molecule has 0 saturated carbocycles. The zero-order chi connectivity index (χ0) is 26.1. The number of hydrogen-bond acceptors (Lipinski definition) is 5. The van der Waals surface area contributed by atoms with Gasteiger partial charge in [0.15, 0.2) is 6.61 Å². The van der Waals surface area contributed by atoms with Gasteiger partial charge in [0.25, 0.3) is 11.8 Å². The molecule has 8 nitrogen and oxygen atoms in total. The van der Waals surface area contributed by atoms with Crippen molar-refractivity contribution in [2.45, 2.75) is 58.5 Å².